The fourth-order valence-electron chi connectivity index (χ4n) is 3.63. The van der Waals surface area contributed by atoms with E-state index in [-0.39, 0.29) is 36.7 Å². The van der Waals surface area contributed by atoms with Crippen molar-refractivity contribution in [3.8, 4) is 5.75 Å². The number of ether oxygens (including phenoxy) is 2. The molecule has 2 atom stereocenters. The molecule has 0 saturated carbocycles. The second-order valence-corrected chi connectivity index (χ2v) is 7.54. The molecule has 152 valence electrons. The van der Waals surface area contributed by atoms with E-state index in [2.05, 4.69) is 10.6 Å². The average Bonchev–Trinajstić information content (AvgIpc) is 2.77. The third-order valence-corrected chi connectivity index (χ3v) is 5.07. The molecule has 2 aliphatic heterocycles. The van der Waals surface area contributed by atoms with Gasteiger partial charge in [-0.2, -0.15) is 0 Å². The van der Waals surface area contributed by atoms with Crippen LogP contribution >= 0.6 is 0 Å². The summed E-state index contributed by atoms with van der Waals surface area (Å²) in [6.07, 6.45) is 0.976. The maximum Gasteiger partial charge on any atom is 0.258 e. The average molecular weight is 389 g/mol. The van der Waals surface area contributed by atoms with Gasteiger partial charge in [0.15, 0.2) is 5.72 Å². The molecule has 3 rings (SSSR count). The van der Waals surface area contributed by atoms with Crippen LogP contribution in [0.3, 0.4) is 0 Å². The van der Waals surface area contributed by atoms with Crippen LogP contribution in [0.25, 0.3) is 0 Å². The molecule has 8 nitrogen and oxygen atoms in total. The second kappa shape index (κ2) is 8.18. The predicted molar refractivity (Wildman–Crippen MR) is 102 cm³/mol. The molecule has 1 saturated heterocycles. The van der Waals surface area contributed by atoms with Gasteiger partial charge in [0.25, 0.3) is 5.91 Å². The van der Waals surface area contributed by atoms with Gasteiger partial charge >= 0.3 is 0 Å². The number of hydrogen-bond donors (Lipinski definition) is 2. The van der Waals surface area contributed by atoms with E-state index in [0.717, 1.165) is 5.56 Å². The van der Waals surface area contributed by atoms with Crippen molar-refractivity contribution >= 4 is 17.7 Å². The Morgan fingerprint density at radius 1 is 1.39 bits per heavy atom. The van der Waals surface area contributed by atoms with E-state index in [1.807, 2.05) is 19.9 Å². The SMILES string of the molecule is COC[C@H](C)NC(=O)CN1CC[C@]2(CCC1=O)NC(=O)c1cc(C)ccc1O2. The molecule has 8 heteroatoms. The Bertz CT molecular complexity index is 781. The summed E-state index contributed by atoms with van der Waals surface area (Å²) in [4.78, 5) is 38.8. The predicted octanol–water partition coefficient (Wildman–Crippen LogP) is 0.977. The van der Waals surface area contributed by atoms with Gasteiger partial charge in [-0.1, -0.05) is 11.6 Å². The van der Waals surface area contributed by atoms with E-state index in [0.29, 0.717) is 37.3 Å². The maximum absolute atomic E-state index is 12.6. The van der Waals surface area contributed by atoms with Crippen molar-refractivity contribution in [1.82, 2.24) is 15.5 Å². The van der Waals surface area contributed by atoms with E-state index < -0.39 is 5.72 Å². The highest BCUT2D eigenvalue weighted by Crippen LogP contribution is 2.34. The first-order chi connectivity index (χ1) is 13.3. The highest BCUT2D eigenvalue weighted by molar-refractivity contribution is 5.98. The number of carbonyl (C=O) groups excluding carboxylic acids is 3. The Labute approximate surface area is 164 Å². The first kappa shape index (κ1) is 20.1. The lowest BCUT2D eigenvalue weighted by Crippen LogP contribution is -2.56. The monoisotopic (exact) mass is 389 g/mol. The largest absolute Gasteiger partial charge is 0.467 e. The van der Waals surface area contributed by atoms with Crippen LogP contribution in [0.1, 0.15) is 42.1 Å². The van der Waals surface area contributed by atoms with E-state index in [9.17, 15) is 14.4 Å². The molecule has 28 heavy (non-hydrogen) atoms. The lowest BCUT2D eigenvalue weighted by Gasteiger charge is -2.38. The van der Waals surface area contributed by atoms with Crippen molar-refractivity contribution in [3.05, 3.63) is 29.3 Å². The zero-order valence-electron chi connectivity index (χ0n) is 16.5. The first-order valence-electron chi connectivity index (χ1n) is 9.50. The fourth-order valence-corrected chi connectivity index (χ4v) is 3.63. The van der Waals surface area contributed by atoms with Gasteiger partial charge in [-0.3, -0.25) is 14.4 Å². The zero-order chi connectivity index (χ0) is 20.3. The van der Waals surface area contributed by atoms with Gasteiger partial charge in [-0.15, -0.1) is 0 Å². The minimum Gasteiger partial charge on any atom is -0.467 e. The molecule has 0 bridgehead atoms. The Morgan fingerprint density at radius 3 is 2.93 bits per heavy atom. The van der Waals surface area contributed by atoms with Gasteiger partial charge in [0.05, 0.1) is 18.7 Å². The molecule has 1 spiro atoms. The summed E-state index contributed by atoms with van der Waals surface area (Å²) in [7, 11) is 1.57. The van der Waals surface area contributed by atoms with E-state index in [1.165, 1.54) is 4.90 Å². The van der Waals surface area contributed by atoms with Crippen LogP contribution < -0.4 is 15.4 Å². The number of methoxy groups -OCH3 is 1. The van der Waals surface area contributed by atoms with Crippen LogP contribution in [0.15, 0.2) is 18.2 Å². The number of benzene rings is 1. The van der Waals surface area contributed by atoms with E-state index >= 15 is 0 Å². The molecule has 2 aliphatic rings. The summed E-state index contributed by atoms with van der Waals surface area (Å²) >= 11 is 0. The van der Waals surface area contributed by atoms with Crippen molar-refractivity contribution in [2.75, 3.05) is 26.8 Å². The standard InChI is InChI=1S/C20H27N3O5/c1-13-4-5-16-15(10-13)19(26)22-20(28-16)7-6-18(25)23(9-8-20)11-17(24)21-14(2)12-27-3/h4-5,10,14H,6-9,11-12H2,1-3H3,(H,21,24)(H,22,26)/t14-,20+/m0/s1. The van der Waals surface area contributed by atoms with Crippen LogP contribution in [-0.2, 0) is 14.3 Å². The quantitative estimate of drug-likeness (QED) is 0.782. The lowest BCUT2D eigenvalue weighted by molar-refractivity contribution is -0.135. The Kier molecular flexibility index (Phi) is 5.88. The van der Waals surface area contributed by atoms with Crippen molar-refractivity contribution in [2.24, 2.45) is 0 Å². The summed E-state index contributed by atoms with van der Waals surface area (Å²) in [5.74, 6) is -0.0272. The molecule has 1 fully saturated rings. The lowest BCUT2D eigenvalue weighted by atomic mass is 9.99. The third-order valence-electron chi connectivity index (χ3n) is 5.07. The van der Waals surface area contributed by atoms with Crippen LogP contribution in [0, 0.1) is 6.92 Å². The van der Waals surface area contributed by atoms with Crippen molar-refractivity contribution in [3.63, 3.8) is 0 Å². The topological polar surface area (TPSA) is 97.0 Å². The molecule has 2 N–H and O–H groups in total. The summed E-state index contributed by atoms with van der Waals surface area (Å²) in [6.45, 7) is 4.46. The molecular weight excluding hydrogens is 362 g/mol. The molecular formula is C20H27N3O5. The van der Waals surface area contributed by atoms with Crippen molar-refractivity contribution in [1.29, 1.82) is 0 Å². The summed E-state index contributed by atoms with van der Waals surface area (Å²) in [6, 6.07) is 5.34. The normalized spacial score (nSPS) is 22.8. The van der Waals surface area contributed by atoms with Gasteiger partial charge in [0.1, 0.15) is 5.75 Å². The Balaban J connectivity index is 1.67. The molecule has 2 heterocycles. The number of nitrogens with zero attached hydrogens (tertiary/aromatic N) is 1. The van der Waals surface area contributed by atoms with Gasteiger partial charge < -0.3 is 25.0 Å². The molecule has 0 aromatic heterocycles. The second-order valence-electron chi connectivity index (χ2n) is 7.54. The highest BCUT2D eigenvalue weighted by Gasteiger charge is 2.42. The zero-order valence-corrected chi connectivity index (χ0v) is 16.5. The number of aryl methyl sites for hydroxylation is 1. The summed E-state index contributed by atoms with van der Waals surface area (Å²) in [5.41, 5.74) is 0.553. The number of nitrogens with one attached hydrogen (secondary N) is 2. The number of fused-ring (bicyclic) bond motifs is 1. The van der Waals surface area contributed by atoms with Gasteiger partial charge in [0.2, 0.25) is 11.8 Å². The summed E-state index contributed by atoms with van der Waals surface area (Å²) in [5, 5.41) is 5.75. The summed E-state index contributed by atoms with van der Waals surface area (Å²) < 4.78 is 11.1. The fraction of sp³-hybridized carbons (Fsp3) is 0.550. The number of amides is 3. The van der Waals surface area contributed by atoms with E-state index in [1.54, 1.807) is 19.2 Å². The highest BCUT2D eigenvalue weighted by atomic mass is 16.5. The van der Waals surface area contributed by atoms with Crippen LogP contribution in [0.4, 0.5) is 0 Å². The maximum atomic E-state index is 12.6. The number of carbonyl (C=O) groups is 3. The number of rotatable bonds is 5. The molecule has 0 unspecified atom stereocenters. The number of likely N-dealkylation sites (tertiary alicyclic amines) is 1. The first-order valence-corrected chi connectivity index (χ1v) is 9.50. The Morgan fingerprint density at radius 2 is 2.18 bits per heavy atom. The molecule has 3 amide bonds. The molecule has 1 aromatic rings. The minimum absolute atomic E-state index is 0.0211. The molecule has 0 radical (unpaired) electrons. The Hall–Kier alpha value is -2.61. The van der Waals surface area contributed by atoms with Gasteiger partial charge in [-0.25, -0.2) is 0 Å². The molecule has 0 aliphatic carbocycles. The number of hydrogen-bond acceptors (Lipinski definition) is 5. The molecule has 1 aromatic carbocycles. The van der Waals surface area contributed by atoms with Crippen LogP contribution in [0.2, 0.25) is 0 Å². The van der Waals surface area contributed by atoms with Crippen molar-refractivity contribution in [2.45, 2.75) is 44.9 Å². The smallest absolute Gasteiger partial charge is 0.258 e. The minimum atomic E-state index is -0.927. The van der Waals surface area contributed by atoms with E-state index in [4.69, 9.17) is 9.47 Å². The van der Waals surface area contributed by atoms with Crippen molar-refractivity contribution < 1.29 is 23.9 Å². The van der Waals surface area contributed by atoms with Crippen LogP contribution in [-0.4, -0.2) is 61.2 Å². The van der Waals surface area contributed by atoms with Crippen LogP contribution in [0.5, 0.6) is 5.75 Å². The van der Waals surface area contributed by atoms with Gasteiger partial charge in [-0.05, 0) is 26.0 Å². The third kappa shape index (κ3) is 4.44. The van der Waals surface area contributed by atoms with Gasteiger partial charge in [0, 0.05) is 39.0 Å².